The largest absolute Gasteiger partial charge is 0.357 e. The van der Waals surface area contributed by atoms with Crippen LogP contribution in [-0.4, -0.2) is 50.2 Å². The number of hydrogen-bond donors (Lipinski definition) is 1. The average Bonchev–Trinajstić information content (AvgIpc) is 2.46. The Balaban J connectivity index is 2.01. The molecular formula is C15H26N4. The van der Waals surface area contributed by atoms with Crippen molar-refractivity contribution in [2.24, 2.45) is 0 Å². The van der Waals surface area contributed by atoms with Crippen LogP contribution >= 0.6 is 0 Å². The number of nitrogens with zero attached hydrogens (tertiary/aromatic N) is 3. The van der Waals surface area contributed by atoms with E-state index in [0.29, 0.717) is 12.1 Å². The van der Waals surface area contributed by atoms with Crippen LogP contribution in [0.4, 0.5) is 5.82 Å². The number of pyridine rings is 1. The number of likely N-dealkylation sites (tertiary alicyclic amines) is 1. The van der Waals surface area contributed by atoms with Gasteiger partial charge in [0.05, 0.1) is 0 Å². The number of rotatable bonds is 4. The van der Waals surface area contributed by atoms with Crippen LogP contribution in [0.25, 0.3) is 0 Å². The maximum Gasteiger partial charge on any atom is 0.128 e. The van der Waals surface area contributed by atoms with Gasteiger partial charge in [-0.05, 0) is 58.6 Å². The Bertz CT molecular complexity index is 382. The van der Waals surface area contributed by atoms with Gasteiger partial charge in [-0.3, -0.25) is 0 Å². The van der Waals surface area contributed by atoms with Gasteiger partial charge in [0, 0.05) is 25.3 Å². The first kappa shape index (κ1) is 14.3. The Kier molecular flexibility index (Phi) is 4.77. The van der Waals surface area contributed by atoms with Crippen LogP contribution in [0.1, 0.15) is 31.4 Å². The van der Waals surface area contributed by atoms with Gasteiger partial charge in [0.2, 0.25) is 0 Å². The normalized spacial score (nSPS) is 19.4. The van der Waals surface area contributed by atoms with Crippen molar-refractivity contribution in [2.75, 3.05) is 39.1 Å². The number of anilines is 1. The third-order valence-electron chi connectivity index (χ3n) is 4.30. The molecule has 1 saturated heterocycles. The summed E-state index contributed by atoms with van der Waals surface area (Å²) in [5.74, 6) is 1.08. The van der Waals surface area contributed by atoms with Crippen LogP contribution in [-0.2, 0) is 0 Å². The standard InChI is InChI=1S/C15H26N4/c1-12(16-2)13-5-6-15(17-11-13)19(4)14-7-9-18(3)10-8-14/h5-6,11-12,14,16H,7-10H2,1-4H3. The zero-order valence-corrected chi connectivity index (χ0v) is 12.6. The van der Waals surface area contributed by atoms with Crippen molar-refractivity contribution in [1.29, 1.82) is 0 Å². The summed E-state index contributed by atoms with van der Waals surface area (Å²) >= 11 is 0. The van der Waals surface area contributed by atoms with E-state index in [1.807, 2.05) is 13.2 Å². The minimum atomic E-state index is 0.357. The molecule has 4 heteroatoms. The van der Waals surface area contributed by atoms with Gasteiger partial charge in [-0.1, -0.05) is 6.07 Å². The number of aromatic nitrogens is 1. The lowest BCUT2D eigenvalue weighted by Gasteiger charge is -2.35. The van der Waals surface area contributed by atoms with E-state index in [0.717, 1.165) is 5.82 Å². The van der Waals surface area contributed by atoms with E-state index in [1.165, 1.54) is 31.5 Å². The van der Waals surface area contributed by atoms with E-state index < -0.39 is 0 Å². The number of hydrogen-bond acceptors (Lipinski definition) is 4. The van der Waals surface area contributed by atoms with Crippen molar-refractivity contribution in [3.63, 3.8) is 0 Å². The fourth-order valence-corrected chi connectivity index (χ4v) is 2.60. The van der Waals surface area contributed by atoms with Crippen LogP contribution in [0.5, 0.6) is 0 Å². The molecule has 0 spiro atoms. The summed E-state index contributed by atoms with van der Waals surface area (Å²) in [6.45, 7) is 4.52. The molecule has 2 heterocycles. The zero-order valence-electron chi connectivity index (χ0n) is 12.6. The molecule has 2 rings (SSSR count). The quantitative estimate of drug-likeness (QED) is 0.898. The topological polar surface area (TPSA) is 31.4 Å². The molecule has 0 bridgehead atoms. The van der Waals surface area contributed by atoms with E-state index >= 15 is 0 Å². The smallest absolute Gasteiger partial charge is 0.128 e. The van der Waals surface area contributed by atoms with Crippen molar-refractivity contribution in [3.05, 3.63) is 23.9 Å². The summed E-state index contributed by atoms with van der Waals surface area (Å²) < 4.78 is 0. The maximum absolute atomic E-state index is 4.61. The molecule has 1 atom stereocenters. The Hall–Kier alpha value is -1.13. The van der Waals surface area contributed by atoms with Gasteiger partial charge >= 0.3 is 0 Å². The van der Waals surface area contributed by atoms with Crippen LogP contribution in [0.3, 0.4) is 0 Å². The highest BCUT2D eigenvalue weighted by molar-refractivity contribution is 5.40. The predicted octanol–water partition coefficient (Wildman–Crippen LogP) is 1.89. The molecule has 1 unspecified atom stereocenters. The average molecular weight is 262 g/mol. The minimum Gasteiger partial charge on any atom is -0.357 e. The van der Waals surface area contributed by atoms with Gasteiger partial charge in [-0.25, -0.2) is 4.98 Å². The van der Waals surface area contributed by atoms with Crippen LogP contribution in [0, 0.1) is 0 Å². The SMILES string of the molecule is CNC(C)c1ccc(N(C)C2CCN(C)CC2)nc1. The molecule has 0 aromatic carbocycles. The van der Waals surface area contributed by atoms with E-state index in [-0.39, 0.29) is 0 Å². The maximum atomic E-state index is 4.61. The molecular weight excluding hydrogens is 236 g/mol. The number of piperidine rings is 1. The van der Waals surface area contributed by atoms with E-state index in [9.17, 15) is 0 Å². The van der Waals surface area contributed by atoms with Crippen LogP contribution in [0.2, 0.25) is 0 Å². The van der Waals surface area contributed by atoms with Crippen molar-refractivity contribution in [3.8, 4) is 0 Å². The van der Waals surface area contributed by atoms with Crippen molar-refractivity contribution < 1.29 is 0 Å². The molecule has 1 N–H and O–H groups in total. The fraction of sp³-hybridized carbons (Fsp3) is 0.667. The second kappa shape index (κ2) is 6.35. The monoisotopic (exact) mass is 262 g/mol. The first-order valence-electron chi connectivity index (χ1n) is 7.16. The van der Waals surface area contributed by atoms with Crippen molar-refractivity contribution in [1.82, 2.24) is 15.2 Å². The lowest BCUT2D eigenvalue weighted by molar-refractivity contribution is 0.252. The van der Waals surface area contributed by atoms with Gasteiger partial charge in [0.1, 0.15) is 5.82 Å². The molecule has 0 amide bonds. The molecule has 0 radical (unpaired) electrons. The van der Waals surface area contributed by atoms with Crippen LogP contribution < -0.4 is 10.2 Å². The molecule has 1 fully saturated rings. The second-order valence-corrected chi connectivity index (χ2v) is 5.61. The van der Waals surface area contributed by atoms with E-state index in [4.69, 9.17) is 0 Å². The van der Waals surface area contributed by atoms with Crippen molar-refractivity contribution in [2.45, 2.75) is 31.8 Å². The summed E-state index contributed by atoms with van der Waals surface area (Å²) in [7, 11) is 6.34. The highest BCUT2D eigenvalue weighted by atomic mass is 15.2. The molecule has 1 aromatic heterocycles. The lowest BCUT2D eigenvalue weighted by atomic mass is 10.0. The summed E-state index contributed by atoms with van der Waals surface area (Å²) in [5.41, 5.74) is 1.24. The molecule has 19 heavy (non-hydrogen) atoms. The Labute approximate surface area is 116 Å². The fourth-order valence-electron chi connectivity index (χ4n) is 2.60. The summed E-state index contributed by atoms with van der Waals surface area (Å²) in [6.07, 6.45) is 4.44. The zero-order chi connectivity index (χ0) is 13.8. The highest BCUT2D eigenvalue weighted by Crippen LogP contribution is 2.21. The summed E-state index contributed by atoms with van der Waals surface area (Å²) in [4.78, 5) is 9.35. The van der Waals surface area contributed by atoms with Gasteiger partial charge in [0.15, 0.2) is 0 Å². The lowest BCUT2D eigenvalue weighted by Crippen LogP contribution is -2.42. The van der Waals surface area contributed by atoms with Crippen molar-refractivity contribution >= 4 is 5.82 Å². The second-order valence-electron chi connectivity index (χ2n) is 5.61. The molecule has 1 aromatic rings. The Morgan fingerprint density at radius 2 is 2.05 bits per heavy atom. The predicted molar refractivity (Wildman–Crippen MR) is 80.6 cm³/mol. The summed E-state index contributed by atoms with van der Waals surface area (Å²) in [5, 5.41) is 3.24. The molecule has 4 nitrogen and oxygen atoms in total. The first-order chi connectivity index (χ1) is 9.11. The molecule has 106 valence electrons. The highest BCUT2D eigenvalue weighted by Gasteiger charge is 2.21. The molecule has 1 aliphatic heterocycles. The molecule has 0 saturated carbocycles. The van der Waals surface area contributed by atoms with E-state index in [1.54, 1.807) is 0 Å². The Morgan fingerprint density at radius 1 is 1.37 bits per heavy atom. The first-order valence-corrected chi connectivity index (χ1v) is 7.16. The third-order valence-corrected chi connectivity index (χ3v) is 4.30. The van der Waals surface area contributed by atoms with Gasteiger partial charge in [-0.15, -0.1) is 0 Å². The Morgan fingerprint density at radius 3 is 2.58 bits per heavy atom. The molecule has 1 aliphatic rings. The van der Waals surface area contributed by atoms with E-state index in [2.05, 4.69) is 53.3 Å². The summed E-state index contributed by atoms with van der Waals surface area (Å²) in [6, 6.07) is 5.29. The molecule has 0 aliphatic carbocycles. The third kappa shape index (κ3) is 3.45. The van der Waals surface area contributed by atoms with Crippen LogP contribution in [0.15, 0.2) is 18.3 Å². The minimum absolute atomic E-state index is 0.357. The van der Waals surface area contributed by atoms with Gasteiger partial charge in [0.25, 0.3) is 0 Å². The number of nitrogens with one attached hydrogen (secondary N) is 1. The van der Waals surface area contributed by atoms with Gasteiger partial charge in [-0.2, -0.15) is 0 Å². The van der Waals surface area contributed by atoms with Gasteiger partial charge < -0.3 is 15.1 Å².